The fourth-order valence-electron chi connectivity index (χ4n) is 3.60. The molecule has 0 aromatic heterocycles. The molecule has 2 aliphatic rings. The lowest BCUT2D eigenvalue weighted by molar-refractivity contribution is -0.138. The molecule has 6 nitrogen and oxygen atoms in total. The third kappa shape index (κ3) is 4.44. The number of hydrogen-bond acceptors (Lipinski definition) is 4. The molecule has 150 valence electrons. The van der Waals surface area contributed by atoms with Crippen LogP contribution in [-0.4, -0.2) is 34.3 Å². The molecule has 2 aliphatic heterocycles. The highest BCUT2D eigenvalue weighted by molar-refractivity contribution is 6.30. The van der Waals surface area contributed by atoms with E-state index in [0.29, 0.717) is 18.0 Å². The zero-order chi connectivity index (χ0) is 20.4. The van der Waals surface area contributed by atoms with Crippen LogP contribution >= 0.6 is 11.6 Å². The minimum atomic E-state index is -0.328. The number of fused-ring (bicyclic) bond motifs is 1. The molecule has 2 atom stereocenters. The first-order chi connectivity index (χ1) is 14.0. The Kier molecular flexibility index (Phi) is 5.56. The Morgan fingerprint density at radius 1 is 1.14 bits per heavy atom. The van der Waals surface area contributed by atoms with Gasteiger partial charge in [-0.2, -0.15) is 0 Å². The molecular weight excluding hydrogens is 388 g/mol. The Labute approximate surface area is 175 Å². The molecule has 2 amide bonds. The van der Waals surface area contributed by atoms with Crippen molar-refractivity contribution in [3.63, 3.8) is 0 Å². The SMILES string of the molecule is Cc1ccc(CNC(=O)CN2C=CN3NC(c4ccc(Cl)cc4)CC3C2=O)cc1. The van der Waals surface area contributed by atoms with Crippen LogP contribution in [0.2, 0.25) is 5.02 Å². The summed E-state index contributed by atoms with van der Waals surface area (Å²) in [6.45, 7) is 2.48. The third-order valence-electron chi connectivity index (χ3n) is 5.27. The van der Waals surface area contributed by atoms with E-state index in [-0.39, 0.29) is 30.4 Å². The molecule has 2 aromatic rings. The molecule has 1 saturated heterocycles. The summed E-state index contributed by atoms with van der Waals surface area (Å²) >= 11 is 5.96. The Bertz CT molecular complexity index is 927. The lowest BCUT2D eigenvalue weighted by Crippen LogP contribution is -2.50. The number of hydrogen-bond donors (Lipinski definition) is 2. The first-order valence-electron chi connectivity index (χ1n) is 9.60. The van der Waals surface area contributed by atoms with Crippen molar-refractivity contribution >= 4 is 23.4 Å². The maximum Gasteiger partial charge on any atom is 0.251 e. The standard InChI is InChI=1S/C22H23ClN4O2/c1-15-2-4-16(5-3-15)13-24-21(28)14-26-10-11-27-20(22(26)29)12-19(25-27)17-6-8-18(23)9-7-17/h2-11,19-20,25H,12-14H2,1H3,(H,24,28). The van der Waals surface area contributed by atoms with Crippen molar-refractivity contribution in [3.8, 4) is 0 Å². The minimum Gasteiger partial charge on any atom is -0.350 e. The predicted octanol–water partition coefficient (Wildman–Crippen LogP) is 2.90. The van der Waals surface area contributed by atoms with Crippen LogP contribution in [0.25, 0.3) is 0 Å². The summed E-state index contributed by atoms with van der Waals surface area (Å²) in [5.74, 6) is -0.265. The summed E-state index contributed by atoms with van der Waals surface area (Å²) in [7, 11) is 0. The van der Waals surface area contributed by atoms with Crippen molar-refractivity contribution in [1.82, 2.24) is 20.7 Å². The second-order valence-electron chi connectivity index (χ2n) is 7.42. The number of amides is 2. The Balaban J connectivity index is 1.33. The fraction of sp³-hybridized carbons (Fsp3) is 0.273. The van der Waals surface area contributed by atoms with E-state index < -0.39 is 0 Å². The highest BCUT2D eigenvalue weighted by Gasteiger charge is 2.40. The van der Waals surface area contributed by atoms with E-state index in [0.717, 1.165) is 11.1 Å². The average Bonchev–Trinajstić information content (AvgIpc) is 3.15. The van der Waals surface area contributed by atoms with Gasteiger partial charge in [-0.25, -0.2) is 5.43 Å². The average molecular weight is 411 g/mol. The number of benzene rings is 2. The summed E-state index contributed by atoms with van der Waals surface area (Å²) in [5, 5.41) is 5.38. The molecule has 2 heterocycles. The lowest BCUT2D eigenvalue weighted by Gasteiger charge is -2.31. The van der Waals surface area contributed by atoms with Crippen LogP contribution in [0.1, 0.15) is 29.2 Å². The Morgan fingerprint density at radius 2 is 1.86 bits per heavy atom. The molecule has 0 radical (unpaired) electrons. The van der Waals surface area contributed by atoms with Gasteiger partial charge >= 0.3 is 0 Å². The Morgan fingerprint density at radius 3 is 2.59 bits per heavy atom. The smallest absolute Gasteiger partial charge is 0.251 e. The number of nitrogens with one attached hydrogen (secondary N) is 2. The van der Waals surface area contributed by atoms with Gasteiger partial charge in [0.25, 0.3) is 5.91 Å². The highest BCUT2D eigenvalue weighted by Crippen LogP contribution is 2.31. The second kappa shape index (κ2) is 8.27. The van der Waals surface area contributed by atoms with Crippen molar-refractivity contribution < 1.29 is 9.59 Å². The van der Waals surface area contributed by atoms with Crippen LogP contribution < -0.4 is 10.7 Å². The second-order valence-corrected chi connectivity index (χ2v) is 7.86. The maximum absolute atomic E-state index is 12.9. The van der Waals surface area contributed by atoms with Gasteiger partial charge in [0.05, 0.1) is 6.04 Å². The van der Waals surface area contributed by atoms with Gasteiger partial charge < -0.3 is 15.2 Å². The lowest BCUT2D eigenvalue weighted by atomic mass is 10.0. The molecule has 0 aliphatic carbocycles. The van der Waals surface area contributed by atoms with Gasteiger partial charge in [-0.05, 0) is 36.6 Å². The van der Waals surface area contributed by atoms with Crippen molar-refractivity contribution in [2.24, 2.45) is 0 Å². The van der Waals surface area contributed by atoms with E-state index in [1.54, 1.807) is 6.20 Å². The number of carbonyl (C=O) groups is 2. The number of hydrazine groups is 1. The van der Waals surface area contributed by atoms with Gasteiger partial charge in [-0.15, -0.1) is 0 Å². The summed E-state index contributed by atoms with van der Waals surface area (Å²) in [6, 6.07) is 15.3. The summed E-state index contributed by atoms with van der Waals surface area (Å²) < 4.78 is 0. The number of nitrogens with zero attached hydrogens (tertiary/aromatic N) is 2. The molecule has 4 rings (SSSR count). The molecule has 1 fully saturated rings. The van der Waals surface area contributed by atoms with Crippen LogP contribution in [0.5, 0.6) is 0 Å². The number of rotatable bonds is 5. The van der Waals surface area contributed by atoms with Crippen LogP contribution in [0, 0.1) is 6.92 Å². The maximum atomic E-state index is 12.9. The van der Waals surface area contributed by atoms with E-state index in [4.69, 9.17) is 11.6 Å². The molecular formula is C22H23ClN4O2. The molecule has 2 unspecified atom stereocenters. The molecule has 0 bridgehead atoms. The van der Waals surface area contributed by atoms with Gasteiger partial charge in [0.1, 0.15) is 12.6 Å². The summed E-state index contributed by atoms with van der Waals surface area (Å²) in [5.41, 5.74) is 6.62. The fourth-order valence-corrected chi connectivity index (χ4v) is 3.72. The van der Waals surface area contributed by atoms with Crippen LogP contribution in [0.3, 0.4) is 0 Å². The molecule has 7 heteroatoms. The van der Waals surface area contributed by atoms with E-state index in [1.165, 1.54) is 10.5 Å². The van der Waals surface area contributed by atoms with E-state index in [1.807, 2.05) is 66.7 Å². The quantitative estimate of drug-likeness (QED) is 0.795. The van der Waals surface area contributed by atoms with Gasteiger partial charge in [0.2, 0.25) is 5.91 Å². The molecule has 29 heavy (non-hydrogen) atoms. The van der Waals surface area contributed by atoms with Gasteiger partial charge in [0.15, 0.2) is 0 Å². The van der Waals surface area contributed by atoms with Crippen molar-refractivity contribution in [2.75, 3.05) is 6.54 Å². The highest BCUT2D eigenvalue weighted by atomic mass is 35.5. The number of aryl methyl sites for hydroxylation is 1. The first-order valence-corrected chi connectivity index (χ1v) is 9.98. The molecule has 0 saturated carbocycles. The van der Waals surface area contributed by atoms with Crippen LogP contribution in [-0.2, 0) is 16.1 Å². The van der Waals surface area contributed by atoms with Crippen molar-refractivity contribution in [1.29, 1.82) is 0 Å². The molecule has 2 aromatic carbocycles. The normalized spacial score (nSPS) is 20.7. The van der Waals surface area contributed by atoms with Gasteiger partial charge in [-0.1, -0.05) is 53.6 Å². The van der Waals surface area contributed by atoms with Crippen LogP contribution in [0.15, 0.2) is 60.9 Å². The van der Waals surface area contributed by atoms with Crippen molar-refractivity contribution in [3.05, 3.63) is 82.6 Å². The van der Waals surface area contributed by atoms with Gasteiger partial charge in [-0.3, -0.25) is 9.59 Å². The molecule has 2 N–H and O–H groups in total. The van der Waals surface area contributed by atoms with E-state index in [9.17, 15) is 9.59 Å². The zero-order valence-electron chi connectivity index (χ0n) is 16.1. The van der Waals surface area contributed by atoms with Gasteiger partial charge in [0, 0.05) is 24.0 Å². The number of carbonyl (C=O) groups excluding carboxylic acids is 2. The topological polar surface area (TPSA) is 64.7 Å². The van der Waals surface area contributed by atoms with Crippen LogP contribution in [0.4, 0.5) is 0 Å². The van der Waals surface area contributed by atoms with E-state index in [2.05, 4.69) is 10.7 Å². The Hall–Kier alpha value is -2.83. The summed E-state index contributed by atoms with van der Waals surface area (Å²) in [6.07, 6.45) is 4.10. The largest absolute Gasteiger partial charge is 0.350 e. The van der Waals surface area contributed by atoms with Crippen molar-refractivity contribution in [2.45, 2.75) is 32.0 Å². The third-order valence-corrected chi connectivity index (χ3v) is 5.52. The predicted molar refractivity (Wildman–Crippen MR) is 111 cm³/mol. The monoisotopic (exact) mass is 410 g/mol. The first kappa shape index (κ1) is 19.5. The molecule has 0 spiro atoms. The number of halogens is 1. The summed E-state index contributed by atoms with van der Waals surface area (Å²) in [4.78, 5) is 26.7. The minimum absolute atomic E-state index is 0.0111. The zero-order valence-corrected chi connectivity index (χ0v) is 16.9. The van der Waals surface area contributed by atoms with E-state index >= 15 is 0 Å².